The van der Waals surface area contributed by atoms with Crippen LogP contribution in [0, 0.1) is 23.7 Å². The SMILES string of the molecule is C1O[C@@H]2O[C@@H]3OC[C@@H]4C[C@H]1[C@H]2[C@@H]43. The summed E-state index contributed by atoms with van der Waals surface area (Å²) >= 11 is 0. The van der Waals surface area contributed by atoms with E-state index in [0.29, 0.717) is 11.8 Å². The molecule has 1 aliphatic carbocycles. The average Bonchev–Trinajstić information content (AvgIpc) is 2.71. The average molecular weight is 168 g/mol. The second-order valence-electron chi connectivity index (χ2n) is 4.45. The molecule has 0 aromatic carbocycles. The Morgan fingerprint density at radius 2 is 1.42 bits per heavy atom. The second kappa shape index (κ2) is 1.86. The van der Waals surface area contributed by atoms with E-state index in [1.807, 2.05) is 0 Å². The molecule has 0 unspecified atom stereocenters. The van der Waals surface area contributed by atoms with Crippen LogP contribution in [0.3, 0.4) is 0 Å². The highest BCUT2D eigenvalue weighted by Crippen LogP contribution is 2.57. The van der Waals surface area contributed by atoms with E-state index in [1.165, 1.54) is 6.42 Å². The summed E-state index contributed by atoms with van der Waals surface area (Å²) < 4.78 is 16.8. The third-order valence-electron chi connectivity index (χ3n) is 3.98. The molecule has 3 heteroatoms. The monoisotopic (exact) mass is 168 g/mol. The molecule has 4 rings (SSSR count). The molecule has 4 aliphatic rings. The van der Waals surface area contributed by atoms with E-state index in [1.54, 1.807) is 0 Å². The summed E-state index contributed by atoms with van der Waals surface area (Å²) in [5.74, 6) is 2.89. The summed E-state index contributed by atoms with van der Waals surface area (Å²) in [5.41, 5.74) is 0. The molecule has 3 nitrogen and oxygen atoms in total. The number of ether oxygens (including phenoxy) is 3. The highest BCUT2D eigenvalue weighted by molar-refractivity contribution is 5.03. The van der Waals surface area contributed by atoms with E-state index in [4.69, 9.17) is 14.2 Å². The molecule has 0 radical (unpaired) electrons. The predicted octanol–water partition coefficient (Wildman–Crippen LogP) is 0.598. The summed E-state index contributed by atoms with van der Waals surface area (Å²) in [5, 5.41) is 0. The van der Waals surface area contributed by atoms with Crippen molar-refractivity contribution in [2.75, 3.05) is 13.2 Å². The lowest BCUT2D eigenvalue weighted by molar-refractivity contribution is -0.189. The molecule has 0 amide bonds. The van der Waals surface area contributed by atoms with Gasteiger partial charge in [0.15, 0.2) is 12.6 Å². The lowest BCUT2D eigenvalue weighted by atomic mass is 9.91. The maximum absolute atomic E-state index is 5.67. The first-order valence-electron chi connectivity index (χ1n) is 4.82. The van der Waals surface area contributed by atoms with Crippen molar-refractivity contribution in [2.24, 2.45) is 23.7 Å². The van der Waals surface area contributed by atoms with Crippen LogP contribution in [-0.2, 0) is 14.2 Å². The minimum absolute atomic E-state index is 0.0790. The largest absolute Gasteiger partial charge is 0.352 e. The van der Waals surface area contributed by atoms with Crippen LogP contribution < -0.4 is 0 Å². The molecule has 3 saturated heterocycles. The lowest BCUT2D eigenvalue weighted by Crippen LogP contribution is -2.16. The van der Waals surface area contributed by atoms with E-state index < -0.39 is 0 Å². The van der Waals surface area contributed by atoms with Crippen molar-refractivity contribution in [3.05, 3.63) is 0 Å². The van der Waals surface area contributed by atoms with Gasteiger partial charge in [-0.3, -0.25) is 0 Å². The summed E-state index contributed by atoms with van der Waals surface area (Å²) in [7, 11) is 0. The fourth-order valence-corrected chi connectivity index (χ4v) is 3.55. The van der Waals surface area contributed by atoms with Crippen LogP contribution in [0.5, 0.6) is 0 Å². The molecule has 3 aliphatic heterocycles. The normalized spacial score (nSPS) is 66.0. The van der Waals surface area contributed by atoms with Crippen LogP contribution in [-0.4, -0.2) is 25.8 Å². The molecule has 0 N–H and O–H groups in total. The number of rotatable bonds is 0. The fraction of sp³-hybridized carbons (Fsp3) is 1.00. The Labute approximate surface area is 71.0 Å². The van der Waals surface area contributed by atoms with Gasteiger partial charge in [0.25, 0.3) is 0 Å². The molecule has 3 heterocycles. The fourth-order valence-electron chi connectivity index (χ4n) is 3.55. The summed E-state index contributed by atoms with van der Waals surface area (Å²) in [6.07, 6.45) is 1.47. The highest BCUT2D eigenvalue weighted by Gasteiger charge is 2.62. The van der Waals surface area contributed by atoms with Crippen molar-refractivity contribution in [3.8, 4) is 0 Å². The van der Waals surface area contributed by atoms with Gasteiger partial charge in [-0.25, -0.2) is 0 Å². The maximum atomic E-state index is 5.67. The zero-order chi connectivity index (χ0) is 7.71. The summed E-state index contributed by atoms with van der Waals surface area (Å²) in [6.45, 7) is 1.85. The molecule has 0 aromatic heterocycles. The quantitative estimate of drug-likeness (QED) is 0.530. The van der Waals surface area contributed by atoms with Gasteiger partial charge in [-0.2, -0.15) is 0 Å². The van der Waals surface area contributed by atoms with E-state index in [-0.39, 0.29) is 12.6 Å². The van der Waals surface area contributed by atoms with Gasteiger partial charge in [-0.05, 0) is 18.3 Å². The molecule has 0 spiro atoms. The Balaban J connectivity index is 1.80. The van der Waals surface area contributed by atoms with Crippen LogP contribution in [0.25, 0.3) is 0 Å². The Morgan fingerprint density at radius 1 is 0.833 bits per heavy atom. The van der Waals surface area contributed by atoms with Crippen molar-refractivity contribution in [3.63, 3.8) is 0 Å². The Hall–Kier alpha value is -0.120. The topological polar surface area (TPSA) is 27.7 Å². The van der Waals surface area contributed by atoms with E-state index >= 15 is 0 Å². The summed E-state index contributed by atoms with van der Waals surface area (Å²) in [6, 6.07) is 0. The van der Waals surface area contributed by atoms with Crippen LogP contribution in [0.2, 0.25) is 0 Å². The van der Waals surface area contributed by atoms with Crippen molar-refractivity contribution < 1.29 is 14.2 Å². The first-order chi connectivity index (χ1) is 5.93. The van der Waals surface area contributed by atoms with Crippen LogP contribution in [0.4, 0.5) is 0 Å². The summed E-state index contributed by atoms with van der Waals surface area (Å²) in [4.78, 5) is 0. The molecule has 4 fully saturated rings. The van der Waals surface area contributed by atoms with Crippen LogP contribution >= 0.6 is 0 Å². The first-order valence-corrected chi connectivity index (χ1v) is 4.82. The zero-order valence-corrected chi connectivity index (χ0v) is 6.81. The molecule has 12 heavy (non-hydrogen) atoms. The Morgan fingerprint density at radius 3 is 2.00 bits per heavy atom. The molecule has 0 bridgehead atoms. The van der Waals surface area contributed by atoms with Crippen molar-refractivity contribution >= 4 is 0 Å². The smallest absolute Gasteiger partial charge is 0.164 e. The first kappa shape index (κ1) is 6.35. The minimum atomic E-state index is 0.0790. The minimum Gasteiger partial charge on any atom is -0.352 e. The van der Waals surface area contributed by atoms with Gasteiger partial charge in [-0.15, -0.1) is 0 Å². The van der Waals surface area contributed by atoms with Gasteiger partial charge >= 0.3 is 0 Å². The lowest BCUT2D eigenvalue weighted by Gasteiger charge is -2.09. The van der Waals surface area contributed by atoms with Gasteiger partial charge in [0.1, 0.15) is 0 Å². The van der Waals surface area contributed by atoms with Gasteiger partial charge in [-0.1, -0.05) is 0 Å². The standard InChI is InChI=1S/C9H12O3/c1-4-2-10-8-6(4)7-5(1)3-11-9(7)12-8/h4-9H,1-3H2/t4-,5+,6+,7-,8-,9+. The number of hydrogen-bond donors (Lipinski definition) is 0. The molecular formula is C9H12O3. The van der Waals surface area contributed by atoms with Gasteiger partial charge in [0.2, 0.25) is 0 Å². The van der Waals surface area contributed by atoms with E-state index in [2.05, 4.69) is 0 Å². The Kier molecular flexibility index (Phi) is 0.986. The highest BCUT2D eigenvalue weighted by atomic mass is 16.8. The molecule has 0 aromatic rings. The Bertz CT molecular complexity index is 186. The van der Waals surface area contributed by atoms with Crippen LogP contribution in [0.1, 0.15) is 6.42 Å². The van der Waals surface area contributed by atoms with Gasteiger partial charge in [0, 0.05) is 11.8 Å². The molecule has 66 valence electrons. The van der Waals surface area contributed by atoms with Crippen molar-refractivity contribution in [1.29, 1.82) is 0 Å². The maximum Gasteiger partial charge on any atom is 0.164 e. The third kappa shape index (κ3) is 0.543. The predicted molar refractivity (Wildman–Crippen MR) is 39.1 cm³/mol. The second-order valence-corrected chi connectivity index (χ2v) is 4.45. The third-order valence-corrected chi connectivity index (χ3v) is 3.98. The van der Waals surface area contributed by atoms with E-state index in [0.717, 1.165) is 25.0 Å². The van der Waals surface area contributed by atoms with Gasteiger partial charge < -0.3 is 14.2 Å². The van der Waals surface area contributed by atoms with Crippen molar-refractivity contribution in [2.45, 2.75) is 19.0 Å². The van der Waals surface area contributed by atoms with Crippen molar-refractivity contribution in [1.82, 2.24) is 0 Å². The molecule has 1 saturated carbocycles. The van der Waals surface area contributed by atoms with Crippen LogP contribution in [0.15, 0.2) is 0 Å². The molecule has 6 atom stereocenters. The zero-order valence-electron chi connectivity index (χ0n) is 6.81. The van der Waals surface area contributed by atoms with Gasteiger partial charge in [0.05, 0.1) is 13.2 Å². The van der Waals surface area contributed by atoms with E-state index in [9.17, 15) is 0 Å². The molecular weight excluding hydrogens is 156 g/mol. The number of hydrogen-bond acceptors (Lipinski definition) is 3.